The van der Waals surface area contributed by atoms with Crippen molar-refractivity contribution >= 4 is 17.8 Å². The summed E-state index contributed by atoms with van der Waals surface area (Å²) in [5.41, 5.74) is 7.55. The minimum atomic E-state index is -0.494. The molecule has 3 fully saturated rings. The number of primary amides is 1. The van der Waals surface area contributed by atoms with Gasteiger partial charge in [-0.2, -0.15) is 0 Å². The summed E-state index contributed by atoms with van der Waals surface area (Å²) in [7, 11) is 1.44. The van der Waals surface area contributed by atoms with Gasteiger partial charge in [0.25, 0.3) is 0 Å². The van der Waals surface area contributed by atoms with Crippen LogP contribution in [0.2, 0.25) is 0 Å². The number of hydrogen-bond donors (Lipinski definition) is 3. The molecule has 0 bridgehead atoms. The maximum Gasteiger partial charge on any atom is 0.305 e. The molecule has 2 amide bonds. The molecule has 0 aromatic rings. The van der Waals surface area contributed by atoms with Crippen LogP contribution in [0.15, 0.2) is 36.7 Å². The fourth-order valence-corrected chi connectivity index (χ4v) is 5.96. The summed E-state index contributed by atoms with van der Waals surface area (Å²) in [6.45, 7) is 35.5. The van der Waals surface area contributed by atoms with Crippen LogP contribution >= 0.6 is 0 Å². The number of likely N-dealkylation sites (tertiary alicyclic amines) is 1. The number of hydrogen-bond acceptors (Lipinski definition) is 6. The van der Waals surface area contributed by atoms with Gasteiger partial charge in [-0.1, -0.05) is 102 Å². The summed E-state index contributed by atoms with van der Waals surface area (Å²) in [6, 6.07) is 0.141. The fourth-order valence-electron chi connectivity index (χ4n) is 5.96. The SMILES string of the molecule is C=C(C(N)=O)C(CC(C)C)NC(=C)C1[C@H]2C[C@H]2CN1C(=O)C(C)C(C)(C)C.C=C(C)NC(CCC(=O)OC)C1CCC1.CC.CCC. The van der Waals surface area contributed by atoms with Gasteiger partial charge in [0.05, 0.1) is 19.2 Å². The summed E-state index contributed by atoms with van der Waals surface area (Å²) >= 11 is 0. The van der Waals surface area contributed by atoms with Crippen LogP contribution in [-0.2, 0) is 19.1 Å². The Bertz CT molecular complexity index is 1030. The first-order valence-corrected chi connectivity index (χ1v) is 18.1. The first-order chi connectivity index (χ1) is 21.9. The van der Waals surface area contributed by atoms with Crippen LogP contribution in [0.5, 0.6) is 0 Å². The van der Waals surface area contributed by atoms with Gasteiger partial charge in [0.1, 0.15) is 0 Å². The van der Waals surface area contributed by atoms with E-state index < -0.39 is 5.91 Å². The highest BCUT2D eigenvalue weighted by atomic mass is 16.5. The van der Waals surface area contributed by atoms with Crippen LogP contribution in [0.3, 0.4) is 0 Å². The first kappa shape index (κ1) is 44.2. The van der Waals surface area contributed by atoms with Gasteiger partial charge in [0, 0.05) is 41.9 Å². The zero-order valence-electron chi connectivity index (χ0n) is 32.3. The molecule has 2 saturated carbocycles. The summed E-state index contributed by atoms with van der Waals surface area (Å²) in [5, 5.41) is 6.76. The highest BCUT2D eigenvalue weighted by Gasteiger charge is 2.56. The van der Waals surface area contributed by atoms with Crippen LogP contribution in [0.1, 0.15) is 128 Å². The van der Waals surface area contributed by atoms with Crippen LogP contribution < -0.4 is 16.4 Å². The molecule has 0 spiro atoms. The van der Waals surface area contributed by atoms with E-state index in [2.05, 4.69) is 83.6 Å². The van der Waals surface area contributed by atoms with Crippen LogP contribution in [-0.4, -0.2) is 54.5 Å². The van der Waals surface area contributed by atoms with Gasteiger partial charge in [-0.15, -0.1) is 0 Å². The number of nitrogens with two attached hydrogens (primary N) is 1. The maximum absolute atomic E-state index is 13.1. The topological polar surface area (TPSA) is 114 Å². The number of methoxy groups -OCH3 is 1. The molecule has 0 radical (unpaired) electrons. The van der Waals surface area contributed by atoms with Crippen molar-refractivity contribution in [1.29, 1.82) is 0 Å². The van der Waals surface area contributed by atoms with Crippen LogP contribution in [0, 0.1) is 35.0 Å². The molecule has 3 rings (SSSR count). The minimum Gasteiger partial charge on any atom is -0.469 e. The lowest BCUT2D eigenvalue weighted by atomic mass is 9.78. The molecule has 4 N–H and O–H groups in total. The predicted octanol–water partition coefficient (Wildman–Crippen LogP) is 7.75. The third-order valence-corrected chi connectivity index (χ3v) is 9.30. The molecular formula is C39H72N4O4. The van der Waals surface area contributed by atoms with Crippen molar-refractivity contribution in [2.45, 2.75) is 146 Å². The Balaban J connectivity index is 0.000000891. The quantitative estimate of drug-likeness (QED) is 0.130. The van der Waals surface area contributed by atoms with Gasteiger partial charge in [0.2, 0.25) is 11.8 Å². The Hall–Kier alpha value is -2.77. The smallest absolute Gasteiger partial charge is 0.305 e. The number of esters is 1. The lowest BCUT2D eigenvalue weighted by Crippen LogP contribution is -2.49. The van der Waals surface area contributed by atoms with Crippen LogP contribution in [0.4, 0.5) is 0 Å². The molecule has 1 saturated heterocycles. The number of amides is 2. The average Bonchev–Trinajstić information content (AvgIpc) is 3.62. The summed E-state index contributed by atoms with van der Waals surface area (Å²) in [5.74, 6) is 1.66. The highest BCUT2D eigenvalue weighted by Crippen LogP contribution is 2.52. The lowest BCUT2D eigenvalue weighted by molar-refractivity contribution is -0.141. The van der Waals surface area contributed by atoms with Gasteiger partial charge < -0.3 is 26.0 Å². The lowest BCUT2D eigenvalue weighted by Gasteiger charge is -2.37. The molecule has 0 aromatic heterocycles. The molecule has 2 aliphatic carbocycles. The number of carbonyl (C=O) groups is 3. The molecular weight excluding hydrogens is 588 g/mol. The Morgan fingerprint density at radius 2 is 1.57 bits per heavy atom. The van der Waals surface area contributed by atoms with E-state index in [0.717, 1.165) is 37.2 Å². The van der Waals surface area contributed by atoms with Crippen molar-refractivity contribution < 1.29 is 19.1 Å². The number of ether oxygens (including phenoxy) is 1. The maximum atomic E-state index is 13.1. The number of rotatable bonds is 14. The number of nitrogens with one attached hydrogen (secondary N) is 2. The molecule has 4 unspecified atom stereocenters. The van der Waals surface area contributed by atoms with E-state index in [0.29, 0.717) is 41.7 Å². The van der Waals surface area contributed by atoms with Gasteiger partial charge in [-0.25, -0.2) is 0 Å². The van der Waals surface area contributed by atoms with Crippen molar-refractivity contribution in [1.82, 2.24) is 15.5 Å². The highest BCUT2D eigenvalue weighted by molar-refractivity contribution is 5.92. The summed E-state index contributed by atoms with van der Waals surface area (Å²) in [4.78, 5) is 37.9. The van der Waals surface area contributed by atoms with Gasteiger partial charge in [0.15, 0.2) is 0 Å². The van der Waals surface area contributed by atoms with E-state index in [9.17, 15) is 14.4 Å². The molecule has 47 heavy (non-hydrogen) atoms. The molecule has 0 aromatic carbocycles. The molecule has 3 aliphatic rings. The van der Waals surface area contributed by atoms with Crippen molar-refractivity contribution in [3.63, 3.8) is 0 Å². The van der Waals surface area contributed by atoms with E-state index in [1.165, 1.54) is 32.8 Å². The summed E-state index contributed by atoms with van der Waals surface area (Å²) < 4.78 is 4.65. The number of allylic oxidation sites excluding steroid dienone is 1. The summed E-state index contributed by atoms with van der Waals surface area (Å²) in [6.07, 6.45) is 8.34. The van der Waals surface area contributed by atoms with Crippen molar-refractivity contribution in [2.75, 3.05) is 13.7 Å². The third-order valence-electron chi connectivity index (χ3n) is 9.30. The van der Waals surface area contributed by atoms with Gasteiger partial charge in [-0.3, -0.25) is 14.4 Å². The monoisotopic (exact) mass is 661 g/mol. The molecule has 1 heterocycles. The molecule has 6 atom stereocenters. The second kappa shape index (κ2) is 21.3. The molecule has 8 heteroatoms. The van der Waals surface area contributed by atoms with Gasteiger partial charge >= 0.3 is 5.97 Å². The first-order valence-electron chi connectivity index (χ1n) is 18.1. The van der Waals surface area contributed by atoms with E-state index >= 15 is 0 Å². The van der Waals surface area contributed by atoms with E-state index in [4.69, 9.17) is 5.73 Å². The Labute approximate surface area is 288 Å². The van der Waals surface area contributed by atoms with Crippen molar-refractivity contribution in [2.24, 2.45) is 40.7 Å². The zero-order chi connectivity index (χ0) is 36.6. The van der Waals surface area contributed by atoms with Crippen molar-refractivity contribution in [3.8, 4) is 0 Å². The molecule has 1 aliphatic heterocycles. The molecule has 8 nitrogen and oxygen atoms in total. The Kier molecular flexibility index (Phi) is 20.0. The number of fused-ring (bicyclic) bond motifs is 1. The third kappa shape index (κ3) is 14.9. The Morgan fingerprint density at radius 1 is 1.02 bits per heavy atom. The zero-order valence-corrected chi connectivity index (χ0v) is 32.3. The van der Waals surface area contributed by atoms with E-state index in [-0.39, 0.29) is 35.3 Å². The average molecular weight is 661 g/mol. The van der Waals surface area contributed by atoms with Gasteiger partial charge in [-0.05, 0) is 68.1 Å². The van der Waals surface area contributed by atoms with E-state index in [1.54, 1.807) is 0 Å². The fraction of sp³-hybridized carbons (Fsp3) is 0.769. The van der Waals surface area contributed by atoms with Crippen molar-refractivity contribution in [3.05, 3.63) is 36.7 Å². The normalized spacial score (nSPS) is 21.3. The number of piperidine rings is 1. The molecule has 272 valence electrons. The number of carbonyl (C=O) groups excluding carboxylic acids is 3. The Morgan fingerprint density at radius 3 is 1.98 bits per heavy atom. The number of nitrogens with zero attached hydrogens (tertiary/aromatic N) is 1. The minimum absolute atomic E-state index is 0.0114. The largest absolute Gasteiger partial charge is 0.469 e. The predicted molar refractivity (Wildman–Crippen MR) is 197 cm³/mol. The standard InChI is InChI=1S/C22H37N3O2.C12H21NO2.C3H8.C2H6/c1-12(2)9-18(13(3)20(23)26)24-15(5)19-17-10-16(17)11-25(19)21(27)14(4)22(6,7)8;1-9(2)13-11(10-5-4-6-10)7-8-12(14)15-3;1-3-2;1-2/h12,14,16-19,24H,3,5,9-11H2,1-2,4,6-8H3,(H2,23,26);10-11,13H,1,4-8H2,2-3H3;3H2,1-2H3;1-2H3/t14?,16-,17-,18?,19?;;;/m0.../s1. The second-order valence-electron chi connectivity index (χ2n) is 15.0. The van der Waals surface area contributed by atoms with Crippen LogP contribution in [0.25, 0.3) is 0 Å². The van der Waals surface area contributed by atoms with E-state index in [1.807, 2.05) is 32.6 Å². The second-order valence-corrected chi connectivity index (χ2v) is 15.0.